The number of anilines is 3. The van der Waals surface area contributed by atoms with Crippen molar-refractivity contribution in [2.45, 2.75) is 56.5 Å². The molecular weight excluding hydrogens is 569 g/mol. The number of nitrogens with one attached hydrogen (secondary N) is 3. The van der Waals surface area contributed by atoms with Crippen molar-refractivity contribution in [3.63, 3.8) is 0 Å². The number of nitrogens with zero attached hydrogens (tertiary/aromatic N) is 2. The maximum atomic E-state index is 11.8. The molecule has 0 radical (unpaired) electrons. The van der Waals surface area contributed by atoms with E-state index < -0.39 is 0 Å². The standard InChI is InChI=1S/C23H29BrIN5O/c1-14(2)27-21(31)11-6-16-4-9-18(10-5-16)28-23-26-13-19(24)22(30-23)29-20(25)12-15(3)17-7-8-17/h4-5,9-10,12-14,17,20H,6-8,11H2,1-3H3,(H,27,31)(H2,26,28,29,30)/b15-12+. The van der Waals surface area contributed by atoms with E-state index in [0.717, 1.165) is 27.5 Å². The molecule has 2 aromatic rings. The second-order valence-corrected chi connectivity index (χ2v) is 10.4. The monoisotopic (exact) mass is 597 g/mol. The van der Waals surface area contributed by atoms with Gasteiger partial charge in [-0.05, 0) is 79.6 Å². The second-order valence-electron chi connectivity index (χ2n) is 8.17. The Morgan fingerprint density at radius 2 is 2.00 bits per heavy atom. The predicted molar refractivity (Wildman–Crippen MR) is 139 cm³/mol. The summed E-state index contributed by atoms with van der Waals surface area (Å²) in [6.07, 6.45) is 7.83. The van der Waals surface area contributed by atoms with Gasteiger partial charge in [-0.3, -0.25) is 4.79 Å². The van der Waals surface area contributed by atoms with Gasteiger partial charge in [-0.2, -0.15) is 4.98 Å². The normalized spacial score (nSPS) is 15.0. The van der Waals surface area contributed by atoms with Crippen LogP contribution in [0, 0.1) is 5.92 Å². The van der Waals surface area contributed by atoms with Crippen molar-refractivity contribution >= 4 is 61.9 Å². The Morgan fingerprint density at radius 3 is 2.65 bits per heavy atom. The molecule has 3 N–H and O–H groups in total. The predicted octanol–water partition coefficient (Wildman–Crippen LogP) is 5.97. The molecule has 1 amide bonds. The summed E-state index contributed by atoms with van der Waals surface area (Å²) in [6, 6.07) is 8.18. The Bertz CT molecular complexity index is 928. The molecule has 166 valence electrons. The smallest absolute Gasteiger partial charge is 0.229 e. The van der Waals surface area contributed by atoms with Crippen LogP contribution >= 0.6 is 38.5 Å². The van der Waals surface area contributed by atoms with Gasteiger partial charge in [0.1, 0.15) is 5.82 Å². The average Bonchev–Trinajstić information content (AvgIpc) is 3.55. The number of halogens is 2. The van der Waals surface area contributed by atoms with Crippen LogP contribution in [0.5, 0.6) is 0 Å². The maximum Gasteiger partial charge on any atom is 0.229 e. The van der Waals surface area contributed by atoms with Crippen LogP contribution in [0.3, 0.4) is 0 Å². The van der Waals surface area contributed by atoms with Crippen LogP contribution in [-0.4, -0.2) is 26.0 Å². The molecular formula is C23H29BrIN5O. The van der Waals surface area contributed by atoms with E-state index in [-0.39, 0.29) is 16.0 Å². The zero-order valence-corrected chi connectivity index (χ0v) is 21.8. The highest BCUT2D eigenvalue weighted by Gasteiger charge is 2.23. The van der Waals surface area contributed by atoms with Crippen LogP contribution < -0.4 is 16.0 Å². The van der Waals surface area contributed by atoms with Crippen molar-refractivity contribution < 1.29 is 4.79 Å². The Kier molecular flexibility index (Phi) is 8.71. The van der Waals surface area contributed by atoms with Gasteiger partial charge >= 0.3 is 0 Å². The third kappa shape index (κ3) is 8.07. The van der Waals surface area contributed by atoms with Gasteiger partial charge in [0, 0.05) is 24.3 Å². The Morgan fingerprint density at radius 1 is 1.29 bits per heavy atom. The van der Waals surface area contributed by atoms with Crippen molar-refractivity contribution in [1.82, 2.24) is 15.3 Å². The summed E-state index contributed by atoms with van der Waals surface area (Å²) in [6.45, 7) is 6.14. The summed E-state index contributed by atoms with van der Waals surface area (Å²) < 4.78 is 0.983. The van der Waals surface area contributed by atoms with E-state index in [1.54, 1.807) is 6.20 Å². The molecule has 1 atom stereocenters. The largest absolute Gasteiger partial charge is 0.354 e. The Hall–Kier alpha value is -1.68. The summed E-state index contributed by atoms with van der Waals surface area (Å²) in [5.74, 6) is 2.12. The summed E-state index contributed by atoms with van der Waals surface area (Å²) in [5.41, 5.74) is 3.46. The second kappa shape index (κ2) is 11.3. The fourth-order valence-electron chi connectivity index (χ4n) is 3.14. The van der Waals surface area contributed by atoms with Crippen molar-refractivity contribution in [1.29, 1.82) is 0 Å². The minimum atomic E-state index is 0.0798. The third-order valence-corrected chi connectivity index (χ3v) is 6.20. The molecule has 8 heteroatoms. The lowest BCUT2D eigenvalue weighted by molar-refractivity contribution is -0.121. The lowest BCUT2D eigenvalue weighted by atomic mass is 10.1. The average molecular weight is 598 g/mol. The van der Waals surface area contributed by atoms with E-state index in [0.29, 0.717) is 18.8 Å². The number of carbonyl (C=O) groups is 1. The van der Waals surface area contributed by atoms with Crippen LogP contribution in [0.25, 0.3) is 0 Å². The molecule has 6 nitrogen and oxygen atoms in total. The molecule has 1 heterocycles. The molecule has 0 spiro atoms. The Balaban J connectivity index is 1.57. The van der Waals surface area contributed by atoms with E-state index in [2.05, 4.69) is 77.4 Å². The van der Waals surface area contributed by atoms with Crippen LogP contribution in [-0.2, 0) is 11.2 Å². The first-order chi connectivity index (χ1) is 14.8. The molecule has 1 aromatic carbocycles. The van der Waals surface area contributed by atoms with E-state index in [9.17, 15) is 4.79 Å². The molecule has 0 aliphatic heterocycles. The summed E-state index contributed by atoms with van der Waals surface area (Å²) >= 11 is 5.91. The molecule has 31 heavy (non-hydrogen) atoms. The van der Waals surface area contributed by atoms with Crippen molar-refractivity contribution in [3.05, 3.63) is 52.1 Å². The summed E-state index contributed by atoms with van der Waals surface area (Å²) in [5, 5.41) is 9.60. The molecule has 3 rings (SSSR count). The minimum Gasteiger partial charge on any atom is -0.354 e. The number of aryl methyl sites for hydroxylation is 1. The van der Waals surface area contributed by atoms with E-state index >= 15 is 0 Å². The summed E-state index contributed by atoms with van der Waals surface area (Å²) in [4.78, 5) is 20.8. The molecule has 1 aromatic heterocycles. The highest BCUT2D eigenvalue weighted by Crippen LogP contribution is 2.36. The van der Waals surface area contributed by atoms with Gasteiger partial charge in [0.15, 0.2) is 0 Å². The number of allylic oxidation sites excluding steroid dienone is 1. The lowest BCUT2D eigenvalue weighted by Gasteiger charge is -2.13. The van der Waals surface area contributed by atoms with Gasteiger partial charge in [0.2, 0.25) is 11.9 Å². The molecule has 1 saturated carbocycles. The molecule has 1 aliphatic rings. The maximum absolute atomic E-state index is 11.8. The molecule has 1 unspecified atom stereocenters. The Labute approximate surface area is 206 Å². The number of hydrogen-bond acceptors (Lipinski definition) is 5. The van der Waals surface area contributed by atoms with Crippen LogP contribution in [0.15, 0.2) is 46.6 Å². The molecule has 1 aliphatic carbocycles. The van der Waals surface area contributed by atoms with Gasteiger partial charge in [-0.1, -0.05) is 46.4 Å². The van der Waals surface area contributed by atoms with Gasteiger partial charge in [0.05, 0.1) is 8.52 Å². The lowest BCUT2D eigenvalue weighted by Crippen LogP contribution is -2.30. The van der Waals surface area contributed by atoms with E-state index in [1.807, 2.05) is 38.1 Å². The highest BCUT2D eigenvalue weighted by atomic mass is 127. The van der Waals surface area contributed by atoms with Crippen molar-refractivity contribution in [3.8, 4) is 0 Å². The van der Waals surface area contributed by atoms with Crippen molar-refractivity contribution in [2.24, 2.45) is 5.92 Å². The first kappa shape index (κ1) is 24.0. The fourth-order valence-corrected chi connectivity index (χ4v) is 4.31. The number of alkyl halides is 1. The van der Waals surface area contributed by atoms with Gasteiger partial charge in [-0.25, -0.2) is 4.98 Å². The number of benzene rings is 1. The minimum absolute atomic E-state index is 0.0798. The zero-order chi connectivity index (χ0) is 22.4. The molecule has 0 bridgehead atoms. The molecule has 1 fully saturated rings. The number of hydrogen-bond donors (Lipinski definition) is 3. The number of rotatable bonds is 10. The topological polar surface area (TPSA) is 78.9 Å². The third-order valence-electron chi connectivity index (χ3n) is 4.95. The number of aromatic nitrogens is 2. The van der Waals surface area contributed by atoms with Gasteiger partial charge in [0.25, 0.3) is 0 Å². The van der Waals surface area contributed by atoms with Crippen LogP contribution in [0.1, 0.15) is 45.6 Å². The van der Waals surface area contributed by atoms with Gasteiger partial charge in [-0.15, -0.1) is 0 Å². The highest BCUT2D eigenvalue weighted by molar-refractivity contribution is 14.1. The quantitative estimate of drug-likeness (QED) is 0.136. The van der Waals surface area contributed by atoms with Crippen LogP contribution in [0.4, 0.5) is 17.5 Å². The molecule has 0 saturated heterocycles. The SMILES string of the molecule is C/C(=C\C(I)Nc1nc(Nc2ccc(CCC(=O)NC(C)C)cc2)ncc1Br)C1CC1. The fraction of sp³-hybridized carbons (Fsp3) is 0.435. The summed E-state index contributed by atoms with van der Waals surface area (Å²) in [7, 11) is 0. The first-order valence-electron chi connectivity index (χ1n) is 10.6. The van der Waals surface area contributed by atoms with Crippen molar-refractivity contribution in [2.75, 3.05) is 10.6 Å². The zero-order valence-electron chi connectivity index (χ0n) is 18.1. The van der Waals surface area contributed by atoms with Gasteiger partial charge < -0.3 is 16.0 Å². The number of amides is 1. The van der Waals surface area contributed by atoms with E-state index in [1.165, 1.54) is 18.4 Å². The first-order valence-corrected chi connectivity index (χ1v) is 12.6. The number of carbonyl (C=O) groups excluding carboxylic acids is 1. The van der Waals surface area contributed by atoms with Crippen LogP contribution in [0.2, 0.25) is 0 Å². The van der Waals surface area contributed by atoms with E-state index in [4.69, 9.17) is 0 Å².